The Hall–Kier alpha value is -1.89. The van der Waals surface area contributed by atoms with Crippen molar-refractivity contribution < 1.29 is 19.7 Å². The standard InChI is InChI=1S/C15H17ClN2O4/c16-12-3-4-13(15-11(12)2-1-5-17-15)22-10-14(21)18(6-8-19)7-9-20/h1-5,19-20H,6-10H2. The number of halogens is 1. The second-order valence-corrected chi connectivity index (χ2v) is 4.97. The molecule has 0 atom stereocenters. The fraction of sp³-hybridized carbons (Fsp3) is 0.333. The Kier molecular flexibility index (Phi) is 5.94. The van der Waals surface area contributed by atoms with Gasteiger partial charge >= 0.3 is 0 Å². The van der Waals surface area contributed by atoms with Crippen molar-refractivity contribution in [2.75, 3.05) is 32.9 Å². The van der Waals surface area contributed by atoms with Crippen LogP contribution in [0.2, 0.25) is 5.02 Å². The van der Waals surface area contributed by atoms with Crippen molar-refractivity contribution in [3.8, 4) is 5.75 Å². The van der Waals surface area contributed by atoms with E-state index in [4.69, 9.17) is 26.6 Å². The summed E-state index contributed by atoms with van der Waals surface area (Å²) in [5, 5.41) is 19.2. The Morgan fingerprint density at radius 1 is 1.23 bits per heavy atom. The maximum Gasteiger partial charge on any atom is 0.260 e. The van der Waals surface area contributed by atoms with Crippen LogP contribution in [0, 0.1) is 0 Å². The van der Waals surface area contributed by atoms with E-state index in [1.807, 2.05) is 6.07 Å². The predicted octanol–water partition coefficient (Wildman–Crippen LogP) is 1.08. The minimum atomic E-state index is -0.317. The molecule has 2 aromatic rings. The molecule has 1 heterocycles. The van der Waals surface area contributed by atoms with E-state index >= 15 is 0 Å². The van der Waals surface area contributed by atoms with Gasteiger partial charge in [-0.1, -0.05) is 11.6 Å². The third kappa shape index (κ3) is 3.85. The Morgan fingerprint density at radius 2 is 1.95 bits per heavy atom. The second kappa shape index (κ2) is 7.93. The van der Waals surface area contributed by atoms with Crippen molar-refractivity contribution in [2.24, 2.45) is 0 Å². The van der Waals surface area contributed by atoms with Crippen LogP contribution in [-0.4, -0.2) is 58.9 Å². The molecule has 0 saturated heterocycles. The van der Waals surface area contributed by atoms with Gasteiger partial charge in [0, 0.05) is 24.7 Å². The summed E-state index contributed by atoms with van der Waals surface area (Å²) in [6.07, 6.45) is 1.62. The molecule has 2 rings (SSSR count). The molecule has 22 heavy (non-hydrogen) atoms. The molecule has 1 aromatic carbocycles. The molecular formula is C15H17ClN2O4. The summed E-state index contributed by atoms with van der Waals surface area (Å²) < 4.78 is 5.53. The molecule has 0 spiro atoms. The first-order chi connectivity index (χ1) is 10.7. The van der Waals surface area contributed by atoms with Gasteiger partial charge in [-0.25, -0.2) is 0 Å². The zero-order chi connectivity index (χ0) is 15.9. The van der Waals surface area contributed by atoms with Gasteiger partial charge in [-0.3, -0.25) is 9.78 Å². The van der Waals surface area contributed by atoms with Crippen molar-refractivity contribution in [3.63, 3.8) is 0 Å². The number of benzene rings is 1. The van der Waals surface area contributed by atoms with Gasteiger partial charge in [0.05, 0.1) is 18.2 Å². The lowest BCUT2D eigenvalue weighted by Crippen LogP contribution is -2.38. The highest BCUT2D eigenvalue weighted by Gasteiger charge is 2.14. The highest BCUT2D eigenvalue weighted by atomic mass is 35.5. The number of amides is 1. The first-order valence-electron chi connectivity index (χ1n) is 6.83. The number of fused-ring (bicyclic) bond motifs is 1. The van der Waals surface area contributed by atoms with E-state index < -0.39 is 0 Å². The molecule has 0 bridgehead atoms. The van der Waals surface area contributed by atoms with E-state index in [9.17, 15) is 4.79 Å². The van der Waals surface area contributed by atoms with Gasteiger partial charge in [-0.15, -0.1) is 0 Å². The molecule has 0 fully saturated rings. The topological polar surface area (TPSA) is 82.9 Å². The number of aliphatic hydroxyl groups excluding tert-OH is 2. The largest absolute Gasteiger partial charge is 0.481 e. The molecule has 7 heteroatoms. The van der Waals surface area contributed by atoms with Crippen molar-refractivity contribution in [1.29, 1.82) is 0 Å². The van der Waals surface area contributed by atoms with E-state index in [2.05, 4.69) is 4.98 Å². The zero-order valence-corrected chi connectivity index (χ0v) is 12.7. The van der Waals surface area contributed by atoms with Gasteiger partial charge in [-0.05, 0) is 24.3 Å². The summed E-state index contributed by atoms with van der Waals surface area (Å²) in [5.74, 6) is 0.142. The Balaban J connectivity index is 2.11. The number of carbonyl (C=O) groups is 1. The normalized spacial score (nSPS) is 10.7. The molecular weight excluding hydrogens is 308 g/mol. The maximum absolute atomic E-state index is 12.0. The minimum Gasteiger partial charge on any atom is -0.481 e. The van der Waals surface area contributed by atoms with Crippen LogP contribution in [0.15, 0.2) is 30.5 Å². The van der Waals surface area contributed by atoms with Crippen LogP contribution in [0.1, 0.15) is 0 Å². The van der Waals surface area contributed by atoms with E-state index in [0.29, 0.717) is 16.3 Å². The molecule has 2 N–H and O–H groups in total. The Bertz CT molecular complexity index is 644. The lowest BCUT2D eigenvalue weighted by Gasteiger charge is -2.20. The summed E-state index contributed by atoms with van der Waals surface area (Å²) in [7, 11) is 0. The fourth-order valence-corrected chi connectivity index (χ4v) is 2.28. The number of hydrogen-bond donors (Lipinski definition) is 2. The smallest absolute Gasteiger partial charge is 0.260 e. The average Bonchev–Trinajstić information content (AvgIpc) is 2.54. The number of pyridine rings is 1. The molecule has 0 aliphatic heterocycles. The second-order valence-electron chi connectivity index (χ2n) is 4.56. The molecule has 0 saturated carbocycles. The summed E-state index contributed by atoms with van der Waals surface area (Å²) >= 11 is 6.10. The molecule has 0 radical (unpaired) electrons. The third-order valence-corrected chi connectivity index (χ3v) is 3.45. The lowest BCUT2D eigenvalue weighted by molar-refractivity contribution is -0.134. The van der Waals surface area contributed by atoms with Crippen molar-refractivity contribution in [2.45, 2.75) is 0 Å². The Morgan fingerprint density at radius 3 is 2.64 bits per heavy atom. The predicted molar refractivity (Wildman–Crippen MR) is 83.0 cm³/mol. The van der Waals surface area contributed by atoms with Crippen LogP contribution in [-0.2, 0) is 4.79 Å². The quantitative estimate of drug-likeness (QED) is 0.796. The monoisotopic (exact) mass is 324 g/mol. The SMILES string of the molecule is O=C(COc1ccc(Cl)c2cccnc12)N(CCO)CCO. The van der Waals surface area contributed by atoms with Crippen LogP contribution in [0.3, 0.4) is 0 Å². The molecule has 0 aliphatic carbocycles. The summed E-state index contributed by atoms with van der Waals surface area (Å²) in [6, 6.07) is 6.94. The van der Waals surface area contributed by atoms with Crippen LogP contribution in [0.5, 0.6) is 5.75 Å². The van der Waals surface area contributed by atoms with E-state index in [1.54, 1.807) is 24.4 Å². The fourth-order valence-electron chi connectivity index (χ4n) is 2.06. The molecule has 0 aliphatic rings. The first kappa shape index (κ1) is 16.5. The number of aliphatic hydroxyl groups is 2. The summed E-state index contributed by atoms with van der Waals surface area (Å²) in [6.45, 7) is -0.230. The molecule has 118 valence electrons. The van der Waals surface area contributed by atoms with E-state index in [-0.39, 0.29) is 38.8 Å². The van der Waals surface area contributed by atoms with Gasteiger partial charge < -0.3 is 19.8 Å². The number of rotatable bonds is 7. The van der Waals surface area contributed by atoms with Crippen molar-refractivity contribution >= 4 is 28.4 Å². The molecule has 1 aromatic heterocycles. The number of hydrogen-bond acceptors (Lipinski definition) is 5. The minimum absolute atomic E-state index is 0.155. The summed E-state index contributed by atoms with van der Waals surface area (Å²) in [4.78, 5) is 17.6. The van der Waals surface area contributed by atoms with Gasteiger partial charge in [0.2, 0.25) is 0 Å². The average molecular weight is 325 g/mol. The van der Waals surface area contributed by atoms with Crippen LogP contribution in [0.25, 0.3) is 10.9 Å². The molecule has 0 unspecified atom stereocenters. The van der Waals surface area contributed by atoms with Gasteiger partial charge in [0.1, 0.15) is 11.3 Å². The summed E-state index contributed by atoms with van der Waals surface area (Å²) in [5.41, 5.74) is 0.582. The third-order valence-electron chi connectivity index (χ3n) is 3.12. The van der Waals surface area contributed by atoms with Crippen LogP contribution < -0.4 is 4.74 Å². The number of aromatic nitrogens is 1. The number of nitrogens with zero attached hydrogens (tertiary/aromatic N) is 2. The highest BCUT2D eigenvalue weighted by Crippen LogP contribution is 2.29. The van der Waals surface area contributed by atoms with Gasteiger partial charge in [-0.2, -0.15) is 0 Å². The first-order valence-corrected chi connectivity index (χ1v) is 7.20. The van der Waals surface area contributed by atoms with Crippen LogP contribution in [0.4, 0.5) is 0 Å². The van der Waals surface area contributed by atoms with Gasteiger partial charge in [0.15, 0.2) is 6.61 Å². The maximum atomic E-state index is 12.0. The molecule has 6 nitrogen and oxygen atoms in total. The lowest BCUT2D eigenvalue weighted by atomic mass is 10.2. The van der Waals surface area contributed by atoms with Crippen LogP contribution >= 0.6 is 11.6 Å². The number of ether oxygens (including phenoxy) is 1. The zero-order valence-electron chi connectivity index (χ0n) is 11.9. The van der Waals surface area contributed by atoms with Crippen molar-refractivity contribution in [3.05, 3.63) is 35.5 Å². The van der Waals surface area contributed by atoms with Gasteiger partial charge in [0.25, 0.3) is 5.91 Å². The number of carbonyl (C=O) groups excluding carboxylic acids is 1. The van der Waals surface area contributed by atoms with Crippen molar-refractivity contribution in [1.82, 2.24) is 9.88 Å². The van der Waals surface area contributed by atoms with E-state index in [0.717, 1.165) is 5.39 Å². The molecule has 1 amide bonds. The Labute approximate surface area is 132 Å². The van der Waals surface area contributed by atoms with E-state index in [1.165, 1.54) is 4.90 Å². The highest BCUT2D eigenvalue weighted by molar-refractivity contribution is 6.35.